The molecule has 0 unspecified atom stereocenters. The summed E-state index contributed by atoms with van der Waals surface area (Å²) in [5.74, 6) is 0. The second kappa shape index (κ2) is 6.44. The van der Waals surface area contributed by atoms with Crippen LogP contribution in [0.5, 0.6) is 0 Å². The van der Waals surface area contributed by atoms with Crippen molar-refractivity contribution in [2.45, 2.75) is 0 Å². The van der Waals surface area contributed by atoms with Crippen LogP contribution in [0.25, 0.3) is 26.1 Å². The number of aliphatic hydroxyl groups is 1. The Kier molecular flexibility index (Phi) is 4.12. The van der Waals surface area contributed by atoms with Crippen LogP contribution >= 0.6 is 22.9 Å². The minimum absolute atomic E-state index is 0.0166. The minimum atomic E-state index is -0.150. The fraction of sp³-hybridized carbons (Fsp3) is 0.118. The van der Waals surface area contributed by atoms with Gasteiger partial charge in [-0.3, -0.25) is 9.36 Å². The number of thiophene rings is 1. The molecule has 0 amide bonds. The summed E-state index contributed by atoms with van der Waals surface area (Å²) < 4.78 is 2.03. The zero-order valence-corrected chi connectivity index (χ0v) is 14.5. The zero-order chi connectivity index (χ0) is 17.4. The zero-order valence-electron chi connectivity index (χ0n) is 12.9. The molecule has 0 saturated carbocycles. The van der Waals surface area contributed by atoms with E-state index in [4.69, 9.17) is 16.7 Å². The predicted octanol–water partition coefficient (Wildman–Crippen LogP) is 3.05. The lowest BCUT2D eigenvalue weighted by molar-refractivity contribution is 0.311. The van der Waals surface area contributed by atoms with Crippen LogP contribution in [0.2, 0.25) is 5.02 Å². The highest BCUT2D eigenvalue weighted by Crippen LogP contribution is 2.34. The van der Waals surface area contributed by atoms with Gasteiger partial charge < -0.3 is 10.4 Å². The van der Waals surface area contributed by atoms with Gasteiger partial charge in [-0.1, -0.05) is 11.6 Å². The van der Waals surface area contributed by atoms with Gasteiger partial charge >= 0.3 is 0 Å². The number of benzene rings is 1. The number of halogens is 1. The summed E-state index contributed by atoms with van der Waals surface area (Å²) in [6.07, 6.45) is 3.19. The highest BCUT2D eigenvalue weighted by Gasteiger charge is 2.16. The Morgan fingerprint density at radius 1 is 1.20 bits per heavy atom. The highest BCUT2D eigenvalue weighted by molar-refractivity contribution is 7.25. The molecule has 3 heterocycles. The van der Waals surface area contributed by atoms with Crippen molar-refractivity contribution in [2.24, 2.45) is 0 Å². The molecule has 0 aliphatic heterocycles. The van der Waals surface area contributed by atoms with Gasteiger partial charge in [0.25, 0.3) is 5.56 Å². The van der Waals surface area contributed by atoms with Crippen molar-refractivity contribution in [3.63, 3.8) is 0 Å². The first-order valence-electron chi connectivity index (χ1n) is 7.58. The van der Waals surface area contributed by atoms with Crippen LogP contribution in [0.1, 0.15) is 0 Å². The normalized spacial score (nSPS) is 11.3. The Hall–Kier alpha value is -2.48. The van der Waals surface area contributed by atoms with Crippen LogP contribution in [-0.2, 0) is 0 Å². The first-order valence-corrected chi connectivity index (χ1v) is 8.78. The van der Waals surface area contributed by atoms with E-state index >= 15 is 0 Å². The third-order valence-electron chi connectivity index (χ3n) is 3.81. The average molecular weight is 373 g/mol. The summed E-state index contributed by atoms with van der Waals surface area (Å²) in [6.45, 7) is 0.432. The van der Waals surface area contributed by atoms with Gasteiger partial charge in [-0.05, 0) is 30.3 Å². The predicted molar refractivity (Wildman–Crippen MR) is 101 cm³/mol. The quantitative estimate of drug-likeness (QED) is 0.575. The SMILES string of the molecule is O=c1c2sc3nccc(NCCO)c3c2ncn1-c1ccc(Cl)cc1. The molecule has 0 aliphatic rings. The van der Waals surface area contributed by atoms with Crippen molar-refractivity contribution < 1.29 is 5.11 Å². The first-order chi connectivity index (χ1) is 12.2. The molecule has 1 aromatic carbocycles. The van der Waals surface area contributed by atoms with E-state index in [1.54, 1.807) is 30.5 Å². The van der Waals surface area contributed by atoms with Crippen molar-refractivity contribution in [3.05, 3.63) is 58.2 Å². The summed E-state index contributed by atoms with van der Waals surface area (Å²) in [6, 6.07) is 8.83. The van der Waals surface area contributed by atoms with Crippen LogP contribution < -0.4 is 10.9 Å². The maximum Gasteiger partial charge on any atom is 0.275 e. The molecule has 0 spiro atoms. The standard InChI is InChI=1S/C17H13ClN4O2S/c18-10-1-3-11(4-2-10)22-9-21-14-13-12(19-7-8-23)5-6-20-16(13)25-15(14)17(22)24/h1-6,9,23H,7-8H2,(H,19,20). The van der Waals surface area contributed by atoms with Crippen LogP contribution in [-0.4, -0.2) is 32.8 Å². The first kappa shape index (κ1) is 16.0. The van der Waals surface area contributed by atoms with E-state index in [1.807, 2.05) is 6.07 Å². The number of rotatable bonds is 4. The van der Waals surface area contributed by atoms with Crippen molar-refractivity contribution in [3.8, 4) is 5.69 Å². The van der Waals surface area contributed by atoms with Crippen LogP contribution in [0.3, 0.4) is 0 Å². The van der Waals surface area contributed by atoms with Gasteiger partial charge in [-0.2, -0.15) is 0 Å². The van der Waals surface area contributed by atoms with E-state index in [0.717, 1.165) is 15.9 Å². The second-order valence-electron chi connectivity index (χ2n) is 5.36. The molecule has 3 aromatic heterocycles. The number of fused-ring (bicyclic) bond motifs is 3. The summed E-state index contributed by atoms with van der Waals surface area (Å²) >= 11 is 7.22. The maximum atomic E-state index is 12.9. The molecule has 0 radical (unpaired) electrons. The fourth-order valence-corrected chi connectivity index (χ4v) is 3.85. The van der Waals surface area contributed by atoms with Gasteiger partial charge in [0, 0.05) is 23.5 Å². The van der Waals surface area contributed by atoms with Crippen LogP contribution in [0, 0.1) is 0 Å². The molecule has 4 rings (SSSR count). The smallest absolute Gasteiger partial charge is 0.275 e. The minimum Gasteiger partial charge on any atom is -0.395 e. The summed E-state index contributed by atoms with van der Waals surface area (Å²) in [7, 11) is 0. The Labute approximate surface area is 151 Å². The van der Waals surface area contributed by atoms with E-state index in [-0.39, 0.29) is 12.2 Å². The number of aromatic nitrogens is 3. The lowest BCUT2D eigenvalue weighted by Gasteiger charge is -2.06. The van der Waals surface area contributed by atoms with Crippen molar-refractivity contribution >= 4 is 49.1 Å². The number of aliphatic hydroxyl groups excluding tert-OH is 1. The van der Waals surface area contributed by atoms with Gasteiger partial charge in [0.05, 0.1) is 23.2 Å². The summed E-state index contributed by atoms with van der Waals surface area (Å²) in [4.78, 5) is 22.5. The third kappa shape index (κ3) is 2.76. The number of hydrogen-bond donors (Lipinski definition) is 2. The number of pyridine rings is 1. The number of hydrogen-bond acceptors (Lipinski definition) is 6. The lowest BCUT2D eigenvalue weighted by atomic mass is 10.2. The van der Waals surface area contributed by atoms with Crippen LogP contribution in [0.15, 0.2) is 47.7 Å². The van der Waals surface area contributed by atoms with Crippen LogP contribution in [0.4, 0.5) is 5.69 Å². The van der Waals surface area contributed by atoms with E-state index < -0.39 is 0 Å². The van der Waals surface area contributed by atoms with Crippen molar-refractivity contribution in [1.29, 1.82) is 0 Å². The van der Waals surface area contributed by atoms with E-state index in [9.17, 15) is 4.79 Å². The number of anilines is 1. The molecular weight excluding hydrogens is 360 g/mol. The molecule has 25 heavy (non-hydrogen) atoms. The maximum absolute atomic E-state index is 12.9. The second-order valence-corrected chi connectivity index (χ2v) is 6.80. The molecule has 0 atom stereocenters. The van der Waals surface area contributed by atoms with E-state index in [1.165, 1.54) is 22.2 Å². The molecule has 0 bridgehead atoms. The topological polar surface area (TPSA) is 80.0 Å². The largest absolute Gasteiger partial charge is 0.395 e. The lowest BCUT2D eigenvalue weighted by Crippen LogP contribution is -2.17. The molecule has 8 heteroatoms. The number of nitrogens with one attached hydrogen (secondary N) is 1. The van der Waals surface area contributed by atoms with E-state index in [0.29, 0.717) is 27.5 Å². The van der Waals surface area contributed by atoms with Gasteiger partial charge in [-0.25, -0.2) is 9.97 Å². The van der Waals surface area contributed by atoms with Gasteiger partial charge in [0.1, 0.15) is 15.9 Å². The summed E-state index contributed by atoms with van der Waals surface area (Å²) in [5.41, 5.74) is 1.97. The Bertz CT molecular complexity index is 1120. The molecule has 0 fully saturated rings. The van der Waals surface area contributed by atoms with E-state index in [2.05, 4.69) is 15.3 Å². The Balaban J connectivity index is 1.95. The molecule has 2 N–H and O–H groups in total. The van der Waals surface area contributed by atoms with Gasteiger partial charge in [0.2, 0.25) is 0 Å². The fourth-order valence-electron chi connectivity index (χ4n) is 2.68. The Morgan fingerprint density at radius 2 is 2.00 bits per heavy atom. The number of nitrogens with zero attached hydrogens (tertiary/aromatic N) is 3. The molecule has 0 aliphatic carbocycles. The highest BCUT2D eigenvalue weighted by atomic mass is 35.5. The molecule has 4 aromatic rings. The Morgan fingerprint density at radius 3 is 2.76 bits per heavy atom. The average Bonchev–Trinajstić information content (AvgIpc) is 3.01. The monoisotopic (exact) mass is 372 g/mol. The molecule has 126 valence electrons. The summed E-state index contributed by atoms with van der Waals surface area (Å²) in [5, 5.41) is 13.6. The third-order valence-corrected chi connectivity index (χ3v) is 5.14. The molecule has 6 nitrogen and oxygen atoms in total. The van der Waals surface area contributed by atoms with Crippen molar-refractivity contribution in [1.82, 2.24) is 14.5 Å². The van der Waals surface area contributed by atoms with Gasteiger partial charge in [-0.15, -0.1) is 11.3 Å². The molecule has 0 saturated heterocycles. The van der Waals surface area contributed by atoms with Crippen molar-refractivity contribution in [2.75, 3.05) is 18.5 Å². The van der Waals surface area contributed by atoms with Gasteiger partial charge in [0.15, 0.2) is 0 Å². The molecular formula is C17H13ClN4O2S.